The highest BCUT2D eigenvalue weighted by Crippen LogP contribution is 2.20. The Morgan fingerprint density at radius 1 is 1.47 bits per heavy atom. The predicted molar refractivity (Wildman–Crippen MR) is 75.9 cm³/mol. The third kappa shape index (κ3) is 4.10. The number of ether oxygens (including phenoxy) is 1. The van der Waals surface area contributed by atoms with Crippen LogP contribution in [0.4, 0.5) is 4.79 Å². The van der Waals surface area contributed by atoms with E-state index in [2.05, 4.69) is 41.4 Å². The van der Waals surface area contributed by atoms with Gasteiger partial charge in [0, 0.05) is 19.1 Å². The zero-order valence-corrected chi connectivity index (χ0v) is 11.8. The Morgan fingerprint density at radius 2 is 2.32 bits per heavy atom. The number of allylic oxidation sites excluding steroid dienone is 3. The average molecular weight is 264 g/mol. The first kappa shape index (κ1) is 14.1. The number of likely N-dealkylation sites (tertiary alicyclic amines) is 1. The second kappa shape index (κ2) is 6.75. The van der Waals surface area contributed by atoms with E-state index in [0.29, 0.717) is 11.8 Å². The minimum atomic E-state index is -0.320. The van der Waals surface area contributed by atoms with Gasteiger partial charge in [0.05, 0.1) is 7.11 Å². The Bertz CT molecular complexity index is 365. The van der Waals surface area contributed by atoms with Crippen LogP contribution >= 0.6 is 0 Å². The molecule has 0 spiro atoms. The van der Waals surface area contributed by atoms with Gasteiger partial charge < -0.3 is 15.0 Å². The second-order valence-corrected chi connectivity index (χ2v) is 5.58. The Kier molecular flexibility index (Phi) is 5.02. The molecule has 1 heterocycles. The minimum Gasteiger partial charge on any atom is -0.453 e. The number of amides is 1. The van der Waals surface area contributed by atoms with E-state index in [1.54, 1.807) is 0 Å². The largest absolute Gasteiger partial charge is 0.453 e. The number of hydrogen-bond donors (Lipinski definition) is 1. The summed E-state index contributed by atoms with van der Waals surface area (Å²) in [6.45, 7) is 5.31. The summed E-state index contributed by atoms with van der Waals surface area (Å²) in [5, 5.41) is 2.95. The molecule has 0 aromatic carbocycles. The highest BCUT2D eigenvalue weighted by molar-refractivity contribution is 5.67. The van der Waals surface area contributed by atoms with Gasteiger partial charge in [-0.2, -0.15) is 0 Å². The molecule has 0 saturated carbocycles. The summed E-state index contributed by atoms with van der Waals surface area (Å²) < 4.78 is 4.70. The van der Waals surface area contributed by atoms with Crippen LogP contribution in [-0.2, 0) is 4.74 Å². The summed E-state index contributed by atoms with van der Waals surface area (Å²) >= 11 is 0. The van der Waals surface area contributed by atoms with Crippen LogP contribution < -0.4 is 5.32 Å². The summed E-state index contributed by atoms with van der Waals surface area (Å²) in [5.41, 5.74) is 0. The van der Waals surface area contributed by atoms with Crippen molar-refractivity contribution in [2.45, 2.75) is 25.8 Å². The van der Waals surface area contributed by atoms with E-state index in [1.165, 1.54) is 7.11 Å². The van der Waals surface area contributed by atoms with E-state index in [-0.39, 0.29) is 12.1 Å². The summed E-state index contributed by atoms with van der Waals surface area (Å²) in [7, 11) is 1.42. The van der Waals surface area contributed by atoms with Gasteiger partial charge in [0.25, 0.3) is 0 Å². The van der Waals surface area contributed by atoms with Crippen molar-refractivity contribution >= 4 is 6.09 Å². The zero-order chi connectivity index (χ0) is 13.7. The van der Waals surface area contributed by atoms with Crippen LogP contribution in [0.25, 0.3) is 0 Å². The number of carbonyl (C=O) groups is 1. The lowest BCUT2D eigenvalue weighted by molar-refractivity contribution is 0.121. The van der Waals surface area contributed by atoms with E-state index in [1.807, 2.05) is 0 Å². The summed E-state index contributed by atoms with van der Waals surface area (Å²) in [6.07, 6.45) is 10.7. The van der Waals surface area contributed by atoms with Gasteiger partial charge in [0.15, 0.2) is 0 Å². The summed E-state index contributed by atoms with van der Waals surface area (Å²) in [6, 6.07) is 0.198. The first-order valence-electron chi connectivity index (χ1n) is 7.09. The molecule has 0 radical (unpaired) electrons. The Hall–Kier alpha value is -1.29. The number of piperidine rings is 1. The Balaban J connectivity index is 1.84. The quantitative estimate of drug-likeness (QED) is 0.849. The Morgan fingerprint density at radius 3 is 3.00 bits per heavy atom. The van der Waals surface area contributed by atoms with Crippen molar-refractivity contribution < 1.29 is 9.53 Å². The van der Waals surface area contributed by atoms with Crippen LogP contribution in [-0.4, -0.2) is 43.8 Å². The van der Waals surface area contributed by atoms with Crippen LogP contribution in [0.1, 0.15) is 19.8 Å². The highest BCUT2D eigenvalue weighted by atomic mass is 16.5. The monoisotopic (exact) mass is 264 g/mol. The number of alkyl carbamates (subject to hydrolysis) is 1. The average Bonchev–Trinajstić information content (AvgIpc) is 2.43. The molecule has 2 rings (SSSR count). The van der Waals surface area contributed by atoms with E-state index in [9.17, 15) is 4.79 Å². The molecule has 1 fully saturated rings. The molecule has 4 heteroatoms. The molecule has 1 aliphatic carbocycles. The molecule has 4 nitrogen and oxygen atoms in total. The van der Waals surface area contributed by atoms with E-state index in [0.717, 1.165) is 32.5 Å². The van der Waals surface area contributed by atoms with Crippen LogP contribution in [0.5, 0.6) is 0 Å². The van der Waals surface area contributed by atoms with E-state index >= 15 is 0 Å². The lowest BCUT2D eigenvalue weighted by atomic mass is 9.92. The van der Waals surface area contributed by atoms with Crippen molar-refractivity contribution in [3.05, 3.63) is 24.3 Å². The fraction of sp³-hybridized carbons (Fsp3) is 0.667. The third-order valence-electron chi connectivity index (χ3n) is 4.09. The summed E-state index contributed by atoms with van der Waals surface area (Å²) in [5.74, 6) is 1.12. The van der Waals surface area contributed by atoms with Gasteiger partial charge in [-0.25, -0.2) is 4.79 Å². The maximum atomic E-state index is 11.4. The molecule has 3 unspecified atom stereocenters. The molecule has 2 aliphatic rings. The first-order valence-corrected chi connectivity index (χ1v) is 7.09. The van der Waals surface area contributed by atoms with Crippen molar-refractivity contribution in [2.75, 3.05) is 26.7 Å². The van der Waals surface area contributed by atoms with Crippen molar-refractivity contribution in [1.82, 2.24) is 10.2 Å². The molecule has 0 bridgehead atoms. The smallest absolute Gasteiger partial charge is 0.407 e. The number of hydrogen-bond acceptors (Lipinski definition) is 3. The van der Waals surface area contributed by atoms with Gasteiger partial charge in [-0.15, -0.1) is 0 Å². The van der Waals surface area contributed by atoms with Gasteiger partial charge in [-0.05, 0) is 31.2 Å². The highest BCUT2D eigenvalue weighted by Gasteiger charge is 2.28. The molecule has 1 saturated heterocycles. The van der Waals surface area contributed by atoms with Crippen molar-refractivity contribution in [2.24, 2.45) is 11.8 Å². The maximum Gasteiger partial charge on any atom is 0.407 e. The third-order valence-corrected chi connectivity index (χ3v) is 4.09. The predicted octanol–water partition coefficient (Wildman–Crippen LogP) is 2.19. The van der Waals surface area contributed by atoms with Crippen LogP contribution in [0.3, 0.4) is 0 Å². The van der Waals surface area contributed by atoms with Gasteiger partial charge in [-0.3, -0.25) is 0 Å². The van der Waals surface area contributed by atoms with Gasteiger partial charge in [0.1, 0.15) is 0 Å². The summed E-state index contributed by atoms with van der Waals surface area (Å²) in [4.78, 5) is 13.8. The maximum absolute atomic E-state index is 11.4. The molecule has 0 aromatic heterocycles. The van der Waals surface area contributed by atoms with Crippen LogP contribution in [0.2, 0.25) is 0 Å². The first-order chi connectivity index (χ1) is 9.19. The number of carbonyl (C=O) groups excluding carboxylic acids is 1. The molecule has 0 aromatic rings. The molecule has 106 valence electrons. The Labute approximate surface area is 115 Å². The molecule has 1 N–H and O–H groups in total. The molecule has 3 atom stereocenters. The lowest BCUT2D eigenvalue weighted by Gasteiger charge is -2.38. The zero-order valence-electron chi connectivity index (χ0n) is 11.8. The number of rotatable bonds is 3. The van der Waals surface area contributed by atoms with Crippen molar-refractivity contribution in [1.29, 1.82) is 0 Å². The topological polar surface area (TPSA) is 41.6 Å². The fourth-order valence-corrected chi connectivity index (χ4v) is 2.80. The van der Waals surface area contributed by atoms with Crippen LogP contribution in [0.15, 0.2) is 24.3 Å². The lowest BCUT2D eigenvalue weighted by Crippen LogP contribution is -2.52. The number of nitrogens with zero attached hydrogens (tertiary/aromatic N) is 1. The molecule has 1 amide bonds. The standard InChI is InChI=1S/C15H24N2O2/c1-12-8-9-17(10-13-6-4-3-5-7-13)11-14(12)16-15(18)19-2/h3-6,12-14H,7-11H2,1-2H3,(H,16,18). The van der Waals surface area contributed by atoms with Gasteiger partial charge in [-0.1, -0.05) is 31.2 Å². The van der Waals surface area contributed by atoms with Crippen molar-refractivity contribution in [3.63, 3.8) is 0 Å². The molecular weight excluding hydrogens is 240 g/mol. The SMILES string of the molecule is COC(=O)NC1CN(CC2C=CC=CC2)CCC1C. The van der Waals surface area contributed by atoms with Crippen LogP contribution in [0, 0.1) is 11.8 Å². The molecule has 19 heavy (non-hydrogen) atoms. The van der Waals surface area contributed by atoms with E-state index in [4.69, 9.17) is 4.74 Å². The number of nitrogens with one attached hydrogen (secondary N) is 1. The molecule has 1 aliphatic heterocycles. The molecular formula is C15H24N2O2. The fourth-order valence-electron chi connectivity index (χ4n) is 2.80. The minimum absolute atomic E-state index is 0.198. The normalized spacial score (nSPS) is 31.2. The number of methoxy groups -OCH3 is 1. The van der Waals surface area contributed by atoms with Crippen molar-refractivity contribution in [3.8, 4) is 0 Å². The van der Waals surface area contributed by atoms with Gasteiger partial charge in [0.2, 0.25) is 0 Å². The van der Waals surface area contributed by atoms with E-state index < -0.39 is 0 Å². The second-order valence-electron chi connectivity index (χ2n) is 5.58. The van der Waals surface area contributed by atoms with Gasteiger partial charge >= 0.3 is 6.09 Å².